The minimum absolute atomic E-state index is 0. The van der Waals surface area contributed by atoms with Crippen LogP contribution in [0.4, 0.5) is 4.39 Å². The summed E-state index contributed by atoms with van der Waals surface area (Å²) in [5.41, 5.74) is 3.68. The number of halogens is 2. The van der Waals surface area contributed by atoms with Crippen molar-refractivity contribution in [2.75, 3.05) is 19.6 Å². The molecule has 0 aliphatic carbocycles. The van der Waals surface area contributed by atoms with E-state index in [1.807, 2.05) is 36.7 Å². The molecule has 1 aliphatic heterocycles. The van der Waals surface area contributed by atoms with Crippen molar-refractivity contribution in [3.8, 4) is 5.69 Å². The number of hydrogen-bond donors (Lipinski definition) is 0. The van der Waals surface area contributed by atoms with E-state index in [9.17, 15) is 9.18 Å². The normalized spacial score (nSPS) is 14.0. The van der Waals surface area contributed by atoms with Gasteiger partial charge in [0.1, 0.15) is 5.82 Å². The van der Waals surface area contributed by atoms with Crippen molar-refractivity contribution < 1.29 is 4.39 Å². The predicted molar refractivity (Wildman–Crippen MR) is 132 cm³/mol. The Morgan fingerprint density at radius 2 is 1.73 bits per heavy atom. The number of aromatic nitrogens is 3. The second-order valence-corrected chi connectivity index (χ2v) is 8.49. The van der Waals surface area contributed by atoms with Gasteiger partial charge in [0, 0.05) is 29.4 Å². The highest BCUT2D eigenvalue weighted by Crippen LogP contribution is 2.19. The quantitative estimate of drug-likeness (QED) is 0.399. The summed E-state index contributed by atoms with van der Waals surface area (Å²) in [7, 11) is 0. The van der Waals surface area contributed by atoms with Crippen molar-refractivity contribution >= 4 is 23.3 Å². The Hall–Kier alpha value is -2.96. The van der Waals surface area contributed by atoms with Gasteiger partial charge in [0.2, 0.25) is 0 Å². The largest absolute Gasteiger partial charge is 0.301 e. The molecule has 1 aliphatic rings. The van der Waals surface area contributed by atoms with E-state index in [4.69, 9.17) is 0 Å². The zero-order valence-corrected chi connectivity index (χ0v) is 19.3. The number of pyridine rings is 1. The number of rotatable bonds is 7. The lowest BCUT2D eigenvalue weighted by Crippen LogP contribution is -2.24. The molecule has 0 radical (unpaired) electrons. The fourth-order valence-corrected chi connectivity index (χ4v) is 4.51. The molecule has 0 N–H and O–H groups in total. The van der Waals surface area contributed by atoms with E-state index >= 15 is 0 Å². The van der Waals surface area contributed by atoms with E-state index in [2.05, 4.69) is 20.7 Å². The lowest BCUT2D eigenvalue weighted by molar-refractivity contribution is 0.318. The number of benzene rings is 2. The van der Waals surface area contributed by atoms with E-state index in [1.54, 1.807) is 16.7 Å². The maximum absolute atomic E-state index is 13.1. The Labute approximate surface area is 198 Å². The van der Waals surface area contributed by atoms with Crippen molar-refractivity contribution in [1.29, 1.82) is 0 Å². The molecule has 0 unspecified atom stereocenters. The smallest absolute Gasteiger partial charge is 0.258 e. The highest BCUT2D eigenvalue weighted by atomic mass is 35.5. The van der Waals surface area contributed by atoms with Crippen LogP contribution in [0.3, 0.4) is 0 Å². The van der Waals surface area contributed by atoms with Crippen LogP contribution < -0.4 is 5.56 Å². The average molecular weight is 467 g/mol. The summed E-state index contributed by atoms with van der Waals surface area (Å²) in [5, 5.41) is 5.61. The molecule has 0 saturated carbocycles. The van der Waals surface area contributed by atoms with Crippen LogP contribution in [0, 0.1) is 5.82 Å². The topological polar surface area (TPSA) is 43.1 Å². The first kappa shape index (κ1) is 23.2. The molecule has 0 atom stereocenters. The van der Waals surface area contributed by atoms with Crippen LogP contribution in [-0.2, 0) is 19.4 Å². The summed E-state index contributed by atoms with van der Waals surface area (Å²) in [4.78, 5) is 15.6. The third kappa shape index (κ3) is 5.18. The van der Waals surface area contributed by atoms with Crippen molar-refractivity contribution in [3.63, 3.8) is 0 Å². The predicted octanol–water partition coefficient (Wildman–Crippen LogP) is 4.63. The van der Waals surface area contributed by atoms with Crippen molar-refractivity contribution in [1.82, 2.24) is 19.2 Å². The maximum Gasteiger partial charge on any atom is 0.258 e. The van der Waals surface area contributed by atoms with Crippen molar-refractivity contribution in [3.05, 3.63) is 94.3 Å². The van der Waals surface area contributed by atoms with Crippen LogP contribution >= 0.6 is 12.4 Å². The van der Waals surface area contributed by atoms with Gasteiger partial charge in [-0.2, -0.15) is 5.10 Å². The number of hydrogen-bond acceptors (Lipinski definition) is 3. The first-order valence-electron chi connectivity index (χ1n) is 11.3. The number of nitrogens with zero attached hydrogens (tertiary/aromatic N) is 4. The van der Waals surface area contributed by atoms with Gasteiger partial charge in [-0.1, -0.05) is 18.2 Å². The fraction of sp³-hybridized carbons (Fsp3) is 0.308. The van der Waals surface area contributed by atoms with Gasteiger partial charge in [0.15, 0.2) is 0 Å². The van der Waals surface area contributed by atoms with Gasteiger partial charge in [-0.3, -0.25) is 14.0 Å². The van der Waals surface area contributed by atoms with Gasteiger partial charge >= 0.3 is 0 Å². The standard InChI is InChI=1S/C26H27FN4O.ClH/c27-23-9-6-20(7-10-23)5-8-21-4-3-15-30(26(21)32)24-11-12-25-22(18-24)19-28-31(25)17-16-29-13-1-2-14-29;/h3-4,6-7,9-12,15,18-19H,1-2,5,8,13-14,16-17H2;1H. The van der Waals surface area contributed by atoms with Gasteiger partial charge < -0.3 is 4.90 Å². The van der Waals surface area contributed by atoms with Crippen LogP contribution in [0.15, 0.2) is 71.8 Å². The van der Waals surface area contributed by atoms with Crippen molar-refractivity contribution in [2.24, 2.45) is 0 Å². The molecule has 2 aromatic carbocycles. The summed E-state index contributed by atoms with van der Waals surface area (Å²) in [6.07, 6.45) is 7.58. The van der Waals surface area contributed by atoms with Crippen LogP contribution in [0.2, 0.25) is 0 Å². The summed E-state index contributed by atoms with van der Waals surface area (Å²) in [6, 6.07) is 16.3. The Balaban J connectivity index is 0.00000259. The molecule has 5 nitrogen and oxygen atoms in total. The second kappa shape index (κ2) is 10.3. The van der Waals surface area contributed by atoms with Gasteiger partial charge in [0.05, 0.1) is 18.3 Å². The fourth-order valence-electron chi connectivity index (χ4n) is 4.51. The van der Waals surface area contributed by atoms with Gasteiger partial charge in [-0.25, -0.2) is 4.39 Å². The number of likely N-dealkylation sites (tertiary alicyclic amines) is 1. The number of aryl methyl sites for hydroxylation is 2. The van der Waals surface area contributed by atoms with E-state index in [-0.39, 0.29) is 23.8 Å². The highest BCUT2D eigenvalue weighted by molar-refractivity contribution is 5.85. The molecule has 7 heteroatoms. The first-order valence-corrected chi connectivity index (χ1v) is 11.3. The lowest BCUT2D eigenvalue weighted by Gasteiger charge is -2.14. The maximum atomic E-state index is 13.1. The molecule has 172 valence electrons. The zero-order chi connectivity index (χ0) is 21.9. The van der Waals surface area contributed by atoms with Crippen LogP contribution in [-0.4, -0.2) is 38.9 Å². The minimum atomic E-state index is -0.245. The second-order valence-electron chi connectivity index (χ2n) is 8.49. The molecule has 1 saturated heterocycles. The average Bonchev–Trinajstić information content (AvgIpc) is 3.47. The molecular formula is C26H28ClFN4O. The van der Waals surface area contributed by atoms with Gasteiger partial charge in [-0.15, -0.1) is 12.4 Å². The van der Waals surface area contributed by atoms with Crippen LogP contribution in [0.1, 0.15) is 24.0 Å². The van der Waals surface area contributed by atoms with Crippen LogP contribution in [0.25, 0.3) is 16.6 Å². The molecule has 3 heterocycles. The molecule has 0 spiro atoms. The third-order valence-corrected chi connectivity index (χ3v) is 6.35. The molecular weight excluding hydrogens is 439 g/mol. The summed E-state index contributed by atoms with van der Waals surface area (Å²) in [6.45, 7) is 4.27. The Bertz CT molecular complexity index is 1280. The Morgan fingerprint density at radius 1 is 0.939 bits per heavy atom. The molecule has 5 rings (SSSR count). The van der Waals surface area contributed by atoms with Crippen LogP contribution in [0.5, 0.6) is 0 Å². The summed E-state index contributed by atoms with van der Waals surface area (Å²) < 4.78 is 16.9. The minimum Gasteiger partial charge on any atom is -0.301 e. The van der Waals surface area contributed by atoms with Gasteiger partial charge in [-0.05, 0) is 80.7 Å². The molecule has 33 heavy (non-hydrogen) atoms. The molecule has 4 aromatic rings. The molecule has 0 bridgehead atoms. The summed E-state index contributed by atoms with van der Waals surface area (Å²) in [5.74, 6) is -0.245. The van der Waals surface area contributed by atoms with E-state index in [1.165, 1.54) is 38.1 Å². The van der Waals surface area contributed by atoms with E-state index in [0.29, 0.717) is 12.8 Å². The number of fused-ring (bicyclic) bond motifs is 1. The summed E-state index contributed by atoms with van der Waals surface area (Å²) >= 11 is 0. The molecule has 1 fully saturated rings. The SMILES string of the molecule is Cl.O=c1c(CCc2ccc(F)cc2)cccn1-c1ccc2c(cnn2CCN2CCCC2)c1. The highest BCUT2D eigenvalue weighted by Gasteiger charge is 2.13. The lowest BCUT2D eigenvalue weighted by atomic mass is 10.1. The first-order chi connectivity index (χ1) is 15.7. The van der Waals surface area contributed by atoms with E-state index < -0.39 is 0 Å². The van der Waals surface area contributed by atoms with Crippen molar-refractivity contribution in [2.45, 2.75) is 32.2 Å². The van der Waals surface area contributed by atoms with Gasteiger partial charge in [0.25, 0.3) is 5.56 Å². The molecule has 2 aromatic heterocycles. The molecule has 0 amide bonds. The zero-order valence-electron chi connectivity index (χ0n) is 18.5. The monoisotopic (exact) mass is 466 g/mol. The van der Waals surface area contributed by atoms with E-state index in [0.717, 1.165) is 40.8 Å². The third-order valence-electron chi connectivity index (χ3n) is 6.35. The Morgan fingerprint density at radius 3 is 2.52 bits per heavy atom. The Kier molecular flexibility index (Phi) is 7.26.